The molecule has 9 heteroatoms. The van der Waals surface area contributed by atoms with Crippen LogP contribution in [-0.2, 0) is 6.54 Å². The quantitative estimate of drug-likeness (QED) is 0.659. The number of hydrogen-bond donors (Lipinski definition) is 1. The second-order valence-corrected chi connectivity index (χ2v) is 8.35. The number of aromatic nitrogens is 4. The maximum Gasteiger partial charge on any atom is 0.268 e. The molecule has 3 aromatic rings. The summed E-state index contributed by atoms with van der Waals surface area (Å²) in [5.41, 5.74) is 2.71. The second-order valence-electron chi connectivity index (χ2n) is 7.59. The van der Waals surface area contributed by atoms with Crippen molar-refractivity contribution in [3.05, 3.63) is 69.7 Å². The molecule has 160 valence electrons. The molecule has 1 aliphatic rings. The van der Waals surface area contributed by atoms with Crippen molar-refractivity contribution in [2.75, 3.05) is 6.54 Å². The van der Waals surface area contributed by atoms with Crippen molar-refractivity contribution in [3.8, 4) is 0 Å². The highest BCUT2D eigenvalue weighted by Crippen LogP contribution is 2.31. The first-order chi connectivity index (χ1) is 15.0. The first-order valence-corrected chi connectivity index (χ1v) is 11.1. The molecule has 1 saturated heterocycles. The van der Waals surface area contributed by atoms with Gasteiger partial charge in [0.05, 0.1) is 23.0 Å². The van der Waals surface area contributed by atoms with E-state index in [4.69, 9.17) is 0 Å². The van der Waals surface area contributed by atoms with Gasteiger partial charge in [0.15, 0.2) is 5.82 Å². The summed E-state index contributed by atoms with van der Waals surface area (Å²) in [4.78, 5) is 37.2. The zero-order chi connectivity index (χ0) is 21.8. The van der Waals surface area contributed by atoms with Crippen molar-refractivity contribution in [3.63, 3.8) is 0 Å². The Hall–Kier alpha value is -3.20. The summed E-state index contributed by atoms with van der Waals surface area (Å²) >= 11 is 1.12. The lowest BCUT2D eigenvalue weighted by molar-refractivity contribution is 0.0603. The highest BCUT2D eigenvalue weighted by Gasteiger charge is 2.32. The number of piperidine rings is 1. The van der Waals surface area contributed by atoms with Gasteiger partial charge in [0.1, 0.15) is 4.88 Å². The van der Waals surface area contributed by atoms with Crippen LogP contribution in [0.3, 0.4) is 0 Å². The predicted octanol–water partition coefficient (Wildman–Crippen LogP) is 3.24. The summed E-state index contributed by atoms with van der Waals surface area (Å²) in [5.74, 6) is 0.277. The fraction of sp³-hybridized carbons (Fsp3) is 0.364. The van der Waals surface area contributed by atoms with Gasteiger partial charge in [-0.05, 0) is 50.2 Å². The van der Waals surface area contributed by atoms with E-state index in [1.165, 1.54) is 0 Å². The lowest BCUT2D eigenvalue weighted by Gasteiger charge is -2.34. The van der Waals surface area contributed by atoms with Gasteiger partial charge in [-0.3, -0.25) is 9.59 Å². The third-order valence-electron chi connectivity index (χ3n) is 5.45. The zero-order valence-electron chi connectivity index (χ0n) is 17.5. The molecule has 2 amide bonds. The number of amides is 2. The second kappa shape index (κ2) is 9.30. The molecular weight excluding hydrogens is 412 g/mol. The summed E-state index contributed by atoms with van der Waals surface area (Å²) in [6.45, 7) is 4.67. The molecule has 8 nitrogen and oxygen atoms in total. The summed E-state index contributed by atoms with van der Waals surface area (Å²) in [6.07, 6.45) is 4.29. The van der Waals surface area contributed by atoms with Gasteiger partial charge in [0.2, 0.25) is 0 Å². The Morgan fingerprint density at radius 1 is 1.16 bits per heavy atom. The molecule has 0 saturated carbocycles. The summed E-state index contributed by atoms with van der Waals surface area (Å²) < 4.78 is 3.89. The molecule has 1 fully saturated rings. The molecular formula is C22H24N6O2S. The Labute approximate surface area is 184 Å². The number of benzene rings is 1. The van der Waals surface area contributed by atoms with E-state index in [2.05, 4.69) is 24.9 Å². The molecule has 0 spiro atoms. The van der Waals surface area contributed by atoms with Crippen LogP contribution >= 0.6 is 11.5 Å². The number of carbonyl (C=O) groups is 2. The van der Waals surface area contributed by atoms with E-state index >= 15 is 0 Å². The van der Waals surface area contributed by atoms with E-state index in [0.717, 1.165) is 36.4 Å². The summed E-state index contributed by atoms with van der Waals surface area (Å²) in [5, 5.41) is 6.87. The molecule has 3 heterocycles. The highest BCUT2D eigenvalue weighted by atomic mass is 32.1. The Morgan fingerprint density at radius 2 is 1.97 bits per heavy atom. The largest absolute Gasteiger partial charge is 0.348 e. The molecule has 1 atom stereocenters. The molecule has 4 rings (SSSR count). The fourth-order valence-electron chi connectivity index (χ4n) is 3.74. The number of hydrogen-bond acceptors (Lipinski definition) is 7. The normalized spacial score (nSPS) is 16.2. The van der Waals surface area contributed by atoms with E-state index in [1.54, 1.807) is 20.0 Å². The van der Waals surface area contributed by atoms with Gasteiger partial charge in [0, 0.05) is 19.3 Å². The van der Waals surface area contributed by atoms with Gasteiger partial charge >= 0.3 is 0 Å². The van der Waals surface area contributed by atoms with E-state index in [0.29, 0.717) is 40.7 Å². The number of rotatable bonds is 5. The minimum Gasteiger partial charge on any atom is -0.348 e. The molecule has 1 aromatic carbocycles. The Balaban J connectivity index is 1.51. The van der Waals surface area contributed by atoms with Crippen molar-refractivity contribution in [2.45, 2.75) is 45.7 Å². The Kier molecular flexibility index (Phi) is 6.31. The Bertz CT molecular complexity index is 1080. The monoisotopic (exact) mass is 436 g/mol. The third kappa shape index (κ3) is 4.61. The van der Waals surface area contributed by atoms with Crippen LogP contribution in [0, 0.1) is 13.8 Å². The van der Waals surface area contributed by atoms with Crippen LogP contribution in [-0.4, -0.2) is 42.8 Å². The average molecular weight is 437 g/mol. The first kappa shape index (κ1) is 21.0. The fourth-order valence-corrected chi connectivity index (χ4v) is 4.36. The molecule has 1 N–H and O–H groups in total. The van der Waals surface area contributed by atoms with Crippen molar-refractivity contribution in [1.82, 2.24) is 29.8 Å². The third-order valence-corrected chi connectivity index (χ3v) is 6.26. The smallest absolute Gasteiger partial charge is 0.268 e. The van der Waals surface area contributed by atoms with Gasteiger partial charge in [-0.15, -0.1) is 5.10 Å². The Morgan fingerprint density at radius 3 is 2.68 bits per heavy atom. The van der Waals surface area contributed by atoms with Crippen LogP contribution in [0.2, 0.25) is 0 Å². The van der Waals surface area contributed by atoms with Crippen LogP contribution in [0.5, 0.6) is 0 Å². The molecule has 0 radical (unpaired) electrons. The summed E-state index contributed by atoms with van der Waals surface area (Å²) in [6, 6.07) is 9.51. The maximum absolute atomic E-state index is 13.1. The van der Waals surface area contributed by atoms with Gasteiger partial charge in [-0.2, -0.15) is 0 Å². The van der Waals surface area contributed by atoms with Crippen LogP contribution in [0.4, 0.5) is 0 Å². The van der Waals surface area contributed by atoms with Gasteiger partial charge in [-0.25, -0.2) is 9.97 Å². The number of carbonyl (C=O) groups excluding carboxylic acids is 2. The molecule has 0 bridgehead atoms. The molecule has 2 aromatic heterocycles. The average Bonchev–Trinajstić information content (AvgIpc) is 3.23. The van der Waals surface area contributed by atoms with E-state index in [9.17, 15) is 9.59 Å². The highest BCUT2D eigenvalue weighted by molar-refractivity contribution is 7.07. The SMILES string of the molecule is Cc1nc(C2CCCCN2C(=O)c2snnc2C)ncc1C(=O)NCc1ccccc1. The molecule has 1 unspecified atom stereocenters. The molecule has 1 aliphatic heterocycles. The number of nitrogens with one attached hydrogen (secondary N) is 1. The van der Waals surface area contributed by atoms with Crippen molar-refractivity contribution >= 4 is 23.3 Å². The minimum atomic E-state index is -0.220. The zero-order valence-corrected chi connectivity index (χ0v) is 18.4. The van der Waals surface area contributed by atoms with Crippen LogP contribution < -0.4 is 5.32 Å². The summed E-state index contributed by atoms with van der Waals surface area (Å²) in [7, 11) is 0. The molecule has 31 heavy (non-hydrogen) atoms. The topological polar surface area (TPSA) is 101 Å². The molecule has 0 aliphatic carbocycles. The lowest BCUT2D eigenvalue weighted by atomic mass is 10.0. The number of nitrogens with zero attached hydrogens (tertiary/aromatic N) is 5. The van der Waals surface area contributed by atoms with E-state index in [1.807, 2.05) is 35.2 Å². The lowest BCUT2D eigenvalue weighted by Crippen LogP contribution is -2.39. The maximum atomic E-state index is 13.1. The van der Waals surface area contributed by atoms with E-state index in [-0.39, 0.29) is 17.9 Å². The van der Waals surface area contributed by atoms with Crippen LogP contribution in [0.25, 0.3) is 0 Å². The minimum absolute atomic E-state index is 0.0804. The van der Waals surface area contributed by atoms with E-state index < -0.39 is 0 Å². The predicted molar refractivity (Wildman–Crippen MR) is 117 cm³/mol. The van der Waals surface area contributed by atoms with Crippen molar-refractivity contribution < 1.29 is 9.59 Å². The van der Waals surface area contributed by atoms with Crippen molar-refractivity contribution in [1.29, 1.82) is 0 Å². The van der Waals surface area contributed by atoms with Gasteiger partial charge in [-0.1, -0.05) is 34.8 Å². The number of aryl methyl sites for hydroxylation is 2. The number of likely N-dealkylation sites (tertiary alicyclic amines) is 1. The van der Waals surface area contributed by atoms with Gasteiger partial charge < -0.3 is 10.2 Å². The van der Waals surface area contributed by atoms with Crippen LogP contribution in [0.1, 0.15) is 68.1 Å². The standard InChI is InChI=1S/C22H24N6O2S/c1-14-17(21(29)24-12-16-8-4-3-5-9-16)13-23-20(25-14)18-10-6-7-11-28(18)22(30)19-15(2)26-27-31-19/h3-5,8-9,13,18H,6-7,10-12H2,1-2H3,(H,24,29). The first-order valence-electron chi connectivity index (χ1n) is 10.3. The van der Waals surface area contributed by atoms with Crippen LogP contribution in [0.15, 0.2) is 36.5 Å². The van der Waals surface area contributed by atoms with Crippen molar-refractivity contribution in [2.24, 2.45) is 0 Å². The van der Waals surface area contributed by atoms with Gasteiger partial charge in [0.25, 0.3) is 11.8 Å².